The van der Waals surface area contributed by atoms with Gasteiger partial charge < -0.3 is 4.74 Å². The van der Waals surface area contributed by atoms with Crippen LogP contribution in [0, 0.1) is 59.2 Å². The lowest BCUT2D eigenvalue weighted by atomic mass is 9.61. The summed E-state index contributed by atoms with van der Waals surface area (Å²) in [6.07, 6.45) is 42.4. The highest BCUT2D eigenvalue weighted by Gasteiger charge is 2.62. The summed E-state index contributed by atoms with van der Waals surface area (Å²) in [6.45, 7) is 0. The van der Waals surface area contributed by atoms with Crippen LogP contribution in [0.25, 0.3) is 0 Å². The van der Waals surface area contributed by atoms with Gasteiger partial charge in [0.25, 0.3) is 0 Å². The smallest absolute Gasteiger partial charge is 0.0642 e. The zero-order valence-corrected chi connectivity index (χ0v) is 33.4. The van der Waals surface area contributed by atoms with Gasteiger partial charge in [0.2, 0.25) is 0 Å². The van der Waals surface area contributed by atoms with Crippen molar-refractivity contribution in [3.8, 4) is 0 Å². The molecule has 0 aromatic rings. The van der Waals surface area contributed by atoms with Crippen molar-refractivity contribution in [2.75, 3.05) is 0 Å². The van der Waals surface area contributed by atoms with E-state index >= 15 is 0 Å². The Kier molecular flexibility index (Phi) is 9.69. The van der Waals surface area contributed by atoms with Crippen molar-refractivity contribution in [3.63, 3.8) is 0 Å². The van der Waals surface area contributed by atoms with Crippen molar-refractivity contribution >= 4 is 23.5 Å². The molecule has 11 rings (SSSR count). The minimum absolute atomic E-state index is 0.586. The third kappa shape index (κ3) is 5.74. The standard InChI is InChI=1S/C46H73NOS2/c1-2-10-28(11-3-1)29-20-23-31(24-21-29)47(37-16-9-18-39-42(37)36-25-22-30-12-4-5-13-32(30)44(36)48-39)38-17-8-15-33-34-26-27-41-43(46(34)50-45(33)38)35-14-6-7-19-40(35)49-41/h28-46H,1-27H2. The molecule has 50 heavy (non-hydrogen) atoms. The number of thioether (sulfide) groups is 2. The summed E-state index contributed by atoms with van der Waals surface area (Å²) in [7, 11) is 0. The maximum atomic E-state index is 7.42. The van der Waals surface area contributed by atoms with Gasteiger partial charge in [0, 0.05) is 45.0 Å². The SMILES string of the molecule is C1CCC(C2CCC(N(C3CCCC4C5CCC6SC7CCCCC7C6C5SC43)C3CCCC4OC5C6CCCCC6CCC5C43)CC2)CC1. The predicted octanol–water partition coefficient (Wildman–Crippen LogP) is 11.9. The maximum Gasteiger partial charge on any atom is 0.0642 e. The lowest BCUT2D eigenvalue weighted by Crippen LogP contribution is -2.60. The van der Waals surface area contributed by atoms with Crippen molar-refractivity contribution < 1.29 is 4.74 Å². The predicted molar refractivity (Wildman–Crippen MR) is 212 cm³/mol. The average Bonchev–Trinajstić information content (AvgIpc) is 3.87. The quantitative estimate of drug-likeness (QED) is 0.287. The highest BCUT2D eigenvalue weighted by Crippen LogP contribution is 2.65. The summed E-state index contributed by atoms with van der Waals surface area (Å²) in [5.41, 5.74) is 0. The molecule has 0 amide bonds. The van der Waals surface area contributed by atoms with Crippen molar-refractivity contribution in [1.29, 1.82) is 0 Å². The molecule has 11 fully saturated rings. The first-order valence-corrected chi connectivity index (χ1v) is 25.4. The zero-order chi connectivity index (χ0) is 32.8. The van der Waals surface area contributed by atoms with E-state index in [2.05, 4.69) is 28.4 Å². The van der Waals surface area contributed by atoms with Crippen LogP contribution in [0.3, 0.4) is 0 Å². The van der Waals surface area contributed by atoms with Crippen LogP contribution in [-0.4, -0.2) is 56.2 Å². The molecule has 3 aliphatic heterocycles. The molecule has 4 heteroatoms. The Balaban J connectivity index is 0.900. The van der Waals surface area contributed by atoms with Gasteiger partial charge in [-0.2, -0.15) is 23.5 Å². The summed E-state index contributed by atoms with van der Waals surface area (Å²) < 4.78 is 7.42. The molecule has 3 heterocycles. The fourth-order valence-corrected chi connectivity index (χ4v) is 21.7. The Morgan fingerprint density at radius 1 is 0.380 bits per heavy atom. The first kappa shape index (κ1) is 33.9. The molecule has 0 spiro atoms. The molecular formula is C46H73NOS2. The number of fused-ring (bicyclic) bond motifs is 12. The Bertz CT molecular complexity index is 1180. The first-order chi connectivity index (χ1) is 24.8. The van der Waals surface area contributed by atoms with E-state index in [0.717, 1.165) is 98.3 Å². The Labute approximate surface area is 315 Å². The highest BCUT2D eigenvalue weighted by molar-refractivity contribution is 8.02. The van der Waals surface area contributed by atoms with Gasteiger partial charge in [-0.1, -0.05) is 70.6 Å². The third-order valence-corrected chi connectivity index (χ3v) is 22.7. The van der Waals surface area contributed by atoms with E-state index in [-0.39, 0.29) is 0 Å². The van der Waals surface area contributed by atoms with E-state index in [0.29, 0.717) is 12.2 Å². The van der Waals surface area contributed by atoms with Gasteiger partial charge in [-0.25, -0.2) is 0 Å². The van der Waals surface area contributed by atoms with Crippen molar-refractivity contribution in [2.45, 2.75) is 225 Å². The average molecular weight is 720 g/mol. The van der Waals surface area contributed by atoms with Gasteiger partial charge in [0.05, 0.1) is 12.2 Å². The van der Waals surface area contributed by atoms with Crippen LogP contribution in [-0.2, 0) is 4.74 Å². The van der Waals surface area contributed by atoms with E-state index in [1.165, 1.54) is 116 Å². The molecule has 16 unspecified atom stereocenters. The number of rotatable bonds is 4. The van der Waals surface area contributed by atoms with Gasteiger partial charge in [0.15, 0.2) is 0 Å². The van der Waals surface area contributed by atoms with Gasteiger partial charge >= 0.3 is 0 Å². The largest absolute Gasteiger partial charge is 0.374 e. The molecule has 16 atom stereocenters. The Morgan fingerprint density at radius 3 is 1.94 bits per heavy atom. The normalized spacial score (nSPS) is 54.9. The van der Waals surface area contributed by atoms with Crippen LogP contribution < -0.4 is 0 Å². The van der Waals surface area contributed by atoms with Gasteiger partial charge in [-0.15, -0.1) is 0 Å². The second-order valence-corrected chi connectivity index (χ2v) is 23.6. The molecule has 3 saturated heterocycles. The second kappa shape index (κ2) is 14.3. The molecule has 0 aromatic heterocycles. The topological polar surface area (TPSA) is 12.5 Å². The summed E-state index contributed by atoms with van der Waals surface area (Å²) >= 11 is 5.19. The van der Waals surface area contributed by atoms with Crippen LogP contribution in [0.2, 0.25) is 0 Å². The van der Waals surface area contributed by atoms with Crippen LogP contribution in [0.4, 0.5) is 0 Å². The monoisotopic (exact) mass is 720 g/mol. The fraction of sp³-hybridized carbons (Fsp3) is 1.00. The van der Waals surface area contributed by atoms with E-state index in [1.54, 1.807) is 57.8 Å². The summed E-state index contributed by atoms with van der Waals surface area (Å²) in [5.74, 6) is 9.97. The molecule has 0 aromatic carbocycles. The minimum atomic E-state index is 0.586. The van der Waals surface area contributed by atoms with Gasteiger partial charge in [-0.3, -0.25) is 4.90 Å². The molecule has 2 nitrogen and oxygen atoms in total. The zero-order valence-electron chi connectivity index (χ0n) is 31.7. The third-order valence-electron chi connectivity index (χ3n) is 18.9. The summed E-state index contributed by atoms with van der Waals surface area (Å²) in [4.78, 5) is 3.48. The number of hydrogen-bond acceptors (Lipinski definition) is 4. The van der Waals surface area contributed by atoms with Crippen molar-refractivity contribution in [1.82, 2.24) is 4.90 Å². The minimum Gasteiger partial charge on any atom is -0.374 e. The molecular weight excluding hydrogens is 647 g/mol. The second-order valence-electron chi connectivity index (χ2n) is 20.8. The number of hydrogen-bond donors (Lipinski definition) is 0. The molecule has 280 valence electrons. The van der Waals surface area contributed by atoms with E-state index < -0.39 is 0 Å². The van der Waals surface area contributed by atoms with E-state index in [1.807, 2.05) is 0 Å². The van der Waals surface area contributed by atoms with Crippen molar-refractivity contribution in [3.05, 3.63) is 0 Å². The van der Waals surface area contributed by atoms with Gasteiger partial charge in [-0.05, 0) is 156 Å². The fourth-order valence-electron chi connectivity index (χ4n) is 17.0. The van der Waals surface area contributed by atoms with Crippen LogP contribution in [0.15, 0.2) is 0 Å². The number of ether oxygens (including phenoxy) is 1. The van der Waals surface area contributed by atoms with Crippen LogP contribution in [0.1, 0.15) is 173 Å². The lowest BCUT2D eigenvalue weighted by Gasteiger charge is -2.54. The molecule has 11 aliphatic rings. The number of nitrogens with zero attached hydrogens (tertiary/aromatic N) is 1. The Morgan fingerprint density at radius 2 is 1.04 bits per heavy atom. The first-order valence-electron chi connectivity index (χ1n) is 23.5. The van der Waals surface area contributed by atoms with Gasteiger partial charge in [0.1, 0.15) is 0 Å². The Hall–Kier alpha value is 0.620. The molecule has 8 aliphatic carbocycles. The maximum absolute atomic E-state index is 7.42. The van der Waals surface area contributed by atoms with E-state index in [4.69, 9.17) is 4.74 Å². The lowest BCUT2D eigenvalue weighted by molar-refractivity contribution is -0.0644. The van der Waals surface area contributed by atoms with Crippen LogP contribution in [0.5, 0.6) is 0 Å². The molecule has 0 bridgehead atoms. The summed E-state index contributed by atoms with van der Waals surface area (Å²) in [6, 6.07) is 2.56. The summed E-state index contributed by atoms with van der Waals surface area (Å²) in [5, 5.41) is 3.99. The van der Waals surface area contributed by atoms with Crippen molar-refractivity contribution in [2.24, 2.45) is 59.2 Å². The molecule has 0 radical (unpaired) electrons. The molecule has 8 saturated carbocycles. The highest BCUT2D eigenvalue weighted by atomic mass is 32.2. The van der Waals surface area contributed by atoms with Crippen LogP contribution >= 0.6 is 23.5 Å². The molecule has 0 N–H and O–H groups in total. The van der Waals surface area contributed by atoms with E-state index in [9.17, 15) is 0 Å².